The van der Waals surface area contributed by atoms with E-state index in [1.165, 1.54) is 6.07 Å². The molecule has 0 aliphatic heterocycles. The van der Waals surface area contributed by atoms with Gasteiger partial charge in [0, 0.05) is 17.3 Å². The van der Waals surface area contributed by atoms with Gasteiger partial charge in [0.2, 0.25) is 0 Å². The van der Waals surface area contributed by atoms with Gasteiger partial charge in [0.15, 0.2) is 0 Å². The van der Waals surface area contributed by atoms with Crippen LogP contribution in [0.3, 0.4) is 0 Å². The first-order valence-corrected chi connectivity index (χ1v) is 8.64. The SMILES string of the molecule is CN(C)[C@@H](CNC(=O)C(=O)Nc1cccc(C(F)(F)F)c1)c1ccccc1Cl. The third-order valence-electron chi connectivity index (χ3n) is 4.00. The van der Waals surface area contributed by atoms with Gasteiger partial charge in [-0.3, -0.25) is 9.59 Å². The first-order valence-electron chi connectivity index (χ1n) is 8.27. The summed E-state index contributed by atoms with van der Waals surface area (Å²) in [6.07, 6.45) is -4.54. The molecule has 0 aliphatic rings. The molecule has 0 fully saturated rings. The zero-order valence-electron chi connectivity index (χ0n) is 15.2. The van der Waals surface area contributed by atoms with Crippen molar-refractivity contribution in [2.24, 2.45) is 0 Å². The van der Waals surface area contributed by atoms with Crippen molar-refractivity contribution in [1.29, 1.82) is 0 Å². The molecule has 0 saturated heterocycles. The van der Waals surface area contributed by atoms with Gasteiger partial charge in [-0.1, -0.05) is 35.9 Å². The van der Waals surface area contributed by atoms with E-state index in [2.05, 4.69) is 10.6 Å². The second-order valence-corrected chi connectivity index (χ2v) is 6.65. The summed E-state index contributed by atoms with van der Waals surface area (Å²) in [6, 6.07) is 10.9. The summed E-state index contributed by atoms with van der Waals surface area (Å²) in [5.41, 5.74) is -0.268. The van der Waals surface area contributed by atoms with Gasteiger partial charge < -0.3 is 15.5 Å². The Bertz CT molecular complexity index is 856. The number of hydrogen-bond acceptors (Lipinski definition) is 3. The number of hydrogen-bond donors (Lipinski definition) is 2. The van der Waals surface area contributed by atoms with E-state index in [1.807, 2.05) is 11.0 Å². The molecule has 2 amide bonds. The third kappa shape index (κ3) is 5.71. The first kappa shape index (κ1) is 21.7. The maximum atomic E-state index is 12.7. The molecular formula is C19H19ClF3N3O2. The van der Waals surface area contributed by atoms with E-state index in [1.54, 1.807) is 32.3 Å². The number of benzene rings is 2. The number of halogens is 4. The lowest BCUT2D eigenvalue weighted by atomic mass is 10.1. The number of rotatable bonds is 5. The van der Waals surface area contributed by atoms with Gasteiger partial charge in [-0.25, -0.2) is 0 Å². The van der Waals surface area contributed by atoms with Crippen LogP contribution in [-0.4, -0.2) is 37.4 Å². The molecule has 0 unspecified atom stereocenters. The molecule has 9 heteroatoms. The Morgan fingerprint density at radius 1 is 1.07 bits per heavy atom. The highest BCUT2D eigenvalue weighted by atomic mass is 35.5. The first-order chi connectivity index (χ1) is 13.1. The van der Waals surface area contributed by atoms with Crippen LogP contribution in [0.5, 0.6) is 0 Å². The van der Waals surface area contributed by atoms with E-state index < -0.39 is 23.6 Å². The van der Waals surface area contributed by atoms with E-state index in [0.29, 0.717) is 5.02 Å². The van der Waals surface area contributed by atoms with Crippen molar-refractivity contribution in [3.8, 4) is 0 Å². The van der Waals surface area contributed by atoms with Gasteiger partial charge in [0.1, 0.15) is 0 Å². The molecule has 0 heterocycles. The van der Waals surface area contributed by atoms with E-state index >= 15 is 0 Å². The number of carbonyl (C=O) groups excluding carboxylic acids is 2. The summed E-state index contributed by atoms with van der Waals surface area (Å²) in [5, 5.41) is 5.17. The van der Waals surface area contributed by atoms with Crippen molar-refractivity contribution in [2.75, 3.05) is 26.0 Å². The van der Waals surface area contributed by atoms with Crippen LogP contribution < -0.4 is 10.6 Å². The summed E-state index contributed by atoms with van der Waals surface area (Å²) in [5.74, 6) is -2.02. The lowest BCUT2D eigenvalue weighted by molar-refractivity contribution is -0.137. The number of amides is 2. The lowest BCUT2D eigenvalue weighted by Gasteiger charge is -2.25. The molecular weight excluding hydrogens is 395 g/mol. The van der Waals surface area contributed by atoms with Gasteiger partial charge in [-0.2, -0.15) is 13.2 Å². The topological polar surface area (TPSA) is 61.4 Å². The normalized spacial score (nSPS) is 12.5. The highest BCUT2D eigenvalue weighted by Gasteiger charge is 2.30. The lowest BCUT2D eigenvalue weighted by Crippen LogP contribution is -2.40. The van der Waals surface area contributed by atoms with Crippen LogP contribution in [0.1, 0.15) is 17.2 Å². The van der Waals surface area contributed by atoms with Crippen LogP contribution >= 0.6 is 11.6 Å². The monoisotopic (exact) mass is 413 g/mol. The van der Waals surface area contributed by atoms with Crippen LogP contribution in [0.25, 0.3) is 0 Å². The van der Waals surface area contributed by atoms with E-state index in [9.17, 15) is 22.8 Å². The molecule has 5 nitrogen and oxygen atoms in total. The highest BCUT2D eigenvalue weighted by molar-refractivity contribution is 6.39. The molecule has 1 atom stereocenters. The Morgan fingerprint density at radius 3 is 2.36 bits per heavy atom. The Kier molecular flexibility index (Phi) is 7.04. The van der Waals surface area contributed by atoms with E-state index in [4.69, 9.17) is 11.6 Å². The molecule has 2 N–H and O–H groups in total. The zero-order chi connectivity index (χ0) is 20.9. The molecule has 2 aromatic carbocycles. The van der Waals surface area contributed by atoms with Crippen molar-refractivity contribution in [2.45, 2.75) is 12.2 Å². The Labute approximate surface area is 165 Å². The minimum absolute atomic E-state index is 0.0889. The van der Waals surface area contributed by atoms with E-state index in [-0.39, 0.29) is 18.3 Å². The smallest absolute Gasteiger partial charge is 0.346 e. The second kappa shape index (κ2) is 9.07. The number of carbonyl (C=O) groups is 2. The van der Waals surface area contributed by atoms with Gasteiger partial charge in [-0.05, 0) is 43.9 Å². The predicted octanol–water partition coefficient (Wildman–Crippen LogP) is 3.72. The third-order valence-corrected chi connectivity index (χ3v) is 4.34. The minimum Gasteiger partial charge on any atom is -0.346 e. The number of nitrogens with zero attached hydrogens (tertiary/aromatic N) is 1. The molecule has 0 aliphatic carbocycles. The summed E-state index contributed by atoms with van der Waals surface area (Å²) in [7, 11) is 3.59. The standard InChI is InChI=1S/C19H19ClF3N3O2/c1-26(2)16(14-8-3-4-9-15(14)20)11-24-17(27)18(28)25-13-7-5-6-12(10-13)19(21,22)23/h3-10,16H,11H2,1-2H3,(H,24,27)(H,25,28)/t16-/m0/s1. The predicted molar refractivity (Wildman–Crippen MR) is 101 cm³/mol. The van der Waals surface area contributed by atoms with Crippen molar-refractivity contribution in [3.63, 3.8) is 0 Å². The van der Waals surface area contributed by atoms with Crippen LogP contribution in [0.2, 0.25) is 5.02 Å². The molecule has 0 bridgehead atoms. The molecule has 0 aromatic heterocycles. The van der Waals surface area contributed by atoms with Crippen LogP contribution in [-0.2, 0) is 15.8 Å². The average Bonchev–Trinajstić information content (AvgIpc) is 2.62. The Morgan fingerprint density at radius 2 is 1.75 bits per heavy atom. The largest absolute Gasteiger partial charge is 0.416 e. The molecule has 2 rings (SSSR count). The van der Waals surface area contributed by atoms with Crippen LogP contribution in [0.15, 0.2) is 48.5 Å². The molecule has 150 valence electrons. The molecule has 28 heavy (non-hydrogen) atoms. The maximum absolute atomic E-state index is 12.7. The number of likely N-dealkylation sites (N-methyl/N-ethyl adjacent to an activating group) is 1. The molecule has 0 saturated carbocycles. The van der Waals surface area contributed by atoms with Crippen LogP contribution in [0.4, 0.5) is 18.9 Å². The quantitative estimate of drug-likeness (QED) is 0.734. The fraction of sp³-hybridized carbons (Fsp3) is 0.263. The Hall–Kier alpha value is -2.58. The number of nitrogens with one attached hydrogen (secondary N) is 2. The van der Waals surface area contributed by atoms with E-state index in [0.717, 1.165) is 23.8 Å². The minimum atomic E-state index is -4.54. The zero-order valence-corrected chi connectivity index (χ0v) is 15.9. The van der Waals surface area contributed by atoms with Gasteiger partial charge in [0.05, 0.1) is 11.6 Å². The Balaban J connectivity index is 2.02. The summed E-state index contributed by atoms with van der Waals surface area (Å²) in [6.45, 7) is 0.0889. The highest BCUT2D eigenvalue weighted by Crippen LogP contribution is 2.30. The molecule has 0 spiro atoms. The van der Waals surface area contributed by atoms with Gasteiger partial charge in [-0.15, -0.1) is 0 Å². The van der Waals surface area contributed by atoms with Crippen molar-refractivity contribution in [3.05, 3.63) is 64.7 Å². The number of alkyl halides is 3. The summed E-state index contributed by atoms with van der Waals surface area (Å²) < 4.78 is 38.2. The molecule has 2 aromatic rings. The molecule has 0 radical (unpaired) electrons. The van der Waals surface area contributed by atoms with Crippen LogP contribution in [0, 0.1) is 0 Å². The van der Waals surface area contributed by atoms with Gasteiger partial charge >= 0.3 is 18.0 Å². The second-order valence-electron chi connectivity index (χ2n) is 6.24. The van der Waals surface area contributed by atoms with Crippen molar-refractivity contribution >= 4 is 29.1 Å². The van der Waals surface area contributed by atoms with Crippen molar-refractivity contribution in [1.82, 2.24) is 10.2 Å². The van der Waals surface area contributed by atoms with Crippen molar-refractivity contribution < 1.29 is 22.8 Å². The maximum Gasteiger partial charge on any atom is 0.416 e. The number of anilines is 1. The summed E-state index contributed by atoms with van der Waals surface area (Å²) >= 11 is 6.19. The average molecular weight is 414 g/mol. The fourth-order valence-electron chi connectivity index (χ4n) is 2.55. The fourth-order valence-corrected chi connectivity index (χ4v) is 2.81. The summed E-state index contributed by atoms with van der Waals surface area (Å²) in [4.78, 5) is 25.9. The van der Waals surface area contributed by atoms with Gasteiger partial charge in [0.25, 0.3) is 0 Å².